The van der Waals surface area contributed by atoms with Crippen molar-refractivity contribution in [3.05, 3.63) is 94.2 Å². The minimum atomic E-state index is -0.341. The number of hydrogen-bond acceptors (Lipinski definition) is 3. The molecule has 2 amide bonds. The van der Waals surface area contributed by atoms with Crippen LogP contribution in [-0.4, -0.2) is 18.4 Å². The molecule has 0 aliphatic carbocycles. The third kappa shape index (κ3) is 5.19. The maximum atomic E-state index is 13.0. The highest BCUT2D eigenvalue weighted by atomic mass is 79.9. The molecule has 31 heavy (non-hydrogen) atoms. The summed E-state index contributed by atoms with van der Waals surface area (Å²) in [6.07, 6.45) is 2.97. The fourth-order valence-electron chi connectivity index (χ4n) is 3.16. The quantitative estimate of drug-likeness (QED) is 0.512. The number of nitrogens with zero attached hydrogens (tertiary/aromatic N) is 1. The Kier molecular flexibility index (Phi) is 6.13. The summed E-state index contributed by atoms with van der Waals surface area (Å²) in [7, 11) is 0. The lowest BCUT2D eigenvalue weighted by atomic mass is 10.1. The van der Waals surface area contributed by atoms with Crippen LogP contribution in [0.25, 0.3) is 6.08 Å². The van der Waals surface area contributed by atoms with E-state index in [4.69, 9.17) is 4.74 Å². The van der Waals surface area contributed by atoms with Crippen LogP contribution in [0.2, 0.25) is 0 Å². The standard InChI is InChI=1S/C24H18BrFN2O3/c25-18-6-1-17(2-7-18)14-28-21-13-20(10-11-22(21)31-15-24(28)30)27-23(29)12-5-16-3-8-19(26)9-4-16/h1-13H,14-15H2,(H,27,29)/b12-5+. The number of halogens is 2. The first-order valence-corrected chi connectivity index (χ1v) is 10.3. The van der Waals surface area contributed by atoms with Gasteiger partial charge in [0.15, 0.2) is 6.61 Å². The molecule has 1 aliphatic heterocycles. The number of fused-ring (bicyclic) bond motifs is 1. The Hall–Kier alpha value is -3.45. The van der Waals surface area contributed by atoms with Crippen LogP contribution in [0.5, 0.6) is 5.75 Å². The van der Waals surface area contributed by atoms with Crippen molar-refractivity contribution in [2.75, 3.05) is 16.8 Å². The van der Waals surface area contributed by atoms with E-state index in [9.17, 15) is 14.0 Å². The zero-order valence-electron chi connectivity index (χ0n) is 16.3. The highest BCUT2D eigenvalue weighted by Gasteiger charge is 2.26. The second-order valence-electron chi connectivity index (χ2n) is 6.95. The van der Waals surface area contributed by atoms with Crippen molar-refractivity contribution in [3.8, 4) is 5.75 Å². The van der Waals surface area contributed by atoms with E-state index in [1.54, 1.807) is 41.3 Å². The molecule has 4 rings (SSSR count). The molecule has 0 spiro atoms. The number of carbonyl (C=O) groups is 2. The smallest absolute Gasteiger partial charge is 0.265 e. The number of ether oxygens (including phenoxy) is 1. The molecule has 156 valence electrons. The summed E-state index contributed by atoms with van der Waals surface area (Å²) in [6.45, 7) is 0.361. The Morgan fingerprint density at radius 3 is 2.58 bits per heavy atom. The summed E-state index contributed by atoms with van der Waals surface area (Å²) in [4.78, 5) is 26.5. The topological polar surface area (TPSA) is 58.6 Å². The molecule has 0 bridgehead atoms. The average molecular weight is 481 g/mol. The molecule has 0 atom stereocenters. The molecule has 7 heteroatoms. The summed E-state index contributed by atoms with van der Waals surface area (Å²) < 4.78 is 19.5. The van der Waals surface area contributed by atoms with Crippen molar-refractivity contribution in [3.63, 3.8) is 0 Å². The van der Waals surface area contributed by atoms with Gasteiger partial charge in [0, 0.05) is 16.2 Å². The normalized spacial score (nSPS) is 13.1. The summed E-state index contributed by atoms with van der Waals surface area (Å²) in [6, 6.07) is 18.7. The molecule has 3 aromatic carbocycles. The van der Waals surface area contributed by atoms with E-state index in [1.807, 2.05) is 24.3 Å². The van der Waals surface area contributed by atoms with Crippen LogP contribution in [0.3, 0.4) is 0 Å². The van der Waals surface area contributed by atoms with Gasteiger partial charge in [-0.2, -0.15) is 0 Å². The first-order valence-electron chi connectivity index (χ1n) is 9.54. The van der Waals surface area contributed by atoms with E-state index >= 15 is 0 Å². The minimum absolute atomic E-state index is 0.0321. The van der Waals surface area contributed by atoms with Gasteiger partial charge in [0.2, 0.25) is 5.91 Å². The van der Waals surface area contributed by atoms with Crippen LogP contribution in [0.15, 0.2) is 77.3 Å². The Labute approximate surface area is 187 Å². The Bertz CT molecular complexity index is 1140. The Morgan fingerprint density at radius 1 is 1.10 bits per heavy atom. The third-order valence-electron chi connectivity index (χ3n) is 4.72. The van der Waals surface area contributed by atoms with Crippen molar-refractivity contribution in [1.29, 1.82) is 0 Å². The fraction of sp³-hybridized carbons (Fsp3) is 0.0833. The lowest BCUT2D eigenvalue weighted by Crippen LogP contribution is -2.38. The molecule has 0 aromatic heterocycles. The van der Waals surface area contributed by atoms with Gasteiger partial charge in [-0.1, -0.05) is 40.2 Å². The zero-order chi connectivity index (χ0) is 21.8. The van der Waals surface area contributed by atoms with Gasteiger partial charge in [0.1, 0.15) is 11.6 Å². The van der Waals surface area contributed by atoms with Crippen molar-refractivity contribution in [2.45, 2.75) is 6.54 Å². The Balaban J connectivity index is 1.51. The molecule has 0 unspecified atom stereocenters. The second-order valence-corrected chi connectivity index (χ2v) is 7.87. The lowest BCUT2D eigenvalue weighted by molar-refractivity contribution is -0.121. The summed E-state index contributed by atoms with van der Waals surface area (Å²) >= 11 is 3.41. The maximum Gasteiger partial charge on any atom is 0.265 e. The molecule has 0 saturated carbocycles. The first kappa shape index (κ1) is 20.8. The summed E-state index contributed by atoms with van der Waals surface area (Å²) in [5, 5.41) is 2.78. The minimum Gasteiger partial charge on any atom is -0.482 e. The molecule has 0 saturated heterocycles. The second kappa shape index (κ2) is 9.14. The van der Waals surface area contributed by atoms with Crippen molar-refractivity contribution >= 4 is 45.2 Å². The summed E-state index contributed by atoms with van der Waals surface area (Å²) in [5.74, 6) is -0.251. The SMILES string of the molecule is O=C(/C=C/c1ccc(F)cc1)Nc1ccc2c(c1)N(Cc1ccc(Br)cc1)C(=O)CO2. The third-order valence-corrected chi connectivity index (χ3v) is 5.25. The van der Waals surface area contributed by atoms with Crippen LogP contribution >= 0.6 is 15.9 Å². The van der Waals surface area contributed by atoms with E-state index in [1.165, 1.54) is 18.2 Å². The molecule has 0 radical (unpaired) electrons. The van der Waals surface area contributed by atoms with Crippen molar-refractivity contribution in [2.24, 2.45) is 0 Å². The van der Waals surface area contributed by atoms with Crippen molar-refractivity contribution < 1.29 is 18.7 Å². The molecular formula is C24H18BrFN2O3. The van der Waals surface area contributed by atoms with E-state index in [2.05, 4.69) is 21.2 Å². The molecule has 5 nitrogen and oxygen atoms in total. The predicted molar refractivity (Wildman–Crippen MR) is 121 cm³/mol. The van der Waals surface area contributed by atoms with Crippen LogP contribution < -0.4 is 15.0 Å². The van der Waals surface area contributed by atoms with E-state index < -0.39 is 0 Å². The average Bonchev–Trinajstić information content (AvgIpc) is 2.77. The number of anilines is 2. The Morgan fingerprint density at radius 2 is 1.84 bits per heavy atom. The van der Waals surface area contributed by atoms with Gasteiger partial charge < -0.3 is 15.0 Å². The van der Waals surface area contributed by atoms with E-state index in [-0.39, 0.29) is 24.2 Å². The van der Waals surface area contributed by atoms with Gasteiger partial charge in [0.25, 0.3) is 5.91 Å². The van der Waals surface area contributed by atoms with Gasteiger partial charge in [0.05, 0.1) is 12.2 Å². The van der Waals surface area contributed by atoms with Crippen LogP contribution in [0.1, 0.15) is 11.1 Å². The van der Waals surface area contributed by atoms with Crippen LogP contribution in [0, 0.1) is 5.82 Å². The maximum absolute atomic E-state index is 13.0. The molecule has 1 aliphatic rings. The molecule has 1 heterocycles. The van der Waals surface area contributed by atoms with Crippen LogP contribution in [0.4, 0.5) is 15.8 Å². The van der Waals surface area contributed by atoms with Gasteiger partial charge in [-0.05, 0) is 59.7 Å². The number of benzene rings is 3. The van der Waals surface area contributed by atoms with Crippen LogP contribution in [-0.2, 0) is 16.1 Å². The highest BCUT2D eigenvalue weighted by molar-refractivity contribution is 9.10. The number of rotatable bonds is 5. The van der Waals surface area contributed by atoms with Crippen molar-refractivity contribution in [1.82, 2.24) is 0 Å². The fourth-order valence-corrected chi connectivity index (χ4v) is 3.42. The number of hydrogen-bond donors (Lipinski definition) is 1. The number of carbonyl (C=O) groups excluding carboxylic acids is 2. The highest BCUT2D eigenvalue weighted by Crippen LogP contribution is 2.35. The monoisotopic (exact) mass is 480 g/mol. The zero-order valence-corrected chi connectivity index (χ0v) is 17.9. The van der Waals surface area contributed by atoms with E-state index in [0.717, 1.165) is 10.0 Å². The lowest BCUT2D eigenvalue weighted by Gasteiger charge is -2.30. The predicted octanol–water partition coefficient (Wildman–Crippen LogP) is 5.17. The van der Waals surface area contributed by atoms with Gasteiger partial charge >= 0.3 is 0 Å². The molecular weight excluding hydrogens is 463 g/mol. The largest absolute Gasteiger partial charge is 0.482 e. The van der Waals surface area contributed by atoms with E-state index in [0.29, 0.717) is 29.2 Å². The number of nitrogens with one attached hydrogen (secondary N) is 1. The van der Waals surface area contributed by atoms with Gasteiger partial charge in [-0.15, -0.1) is 0 Å². The number of amides is 2. The molecule has 0 fully saturated rings. The van der Waals surface area contributed by atoms with Gasteiger partial charge in [-0.25, -0.2) is 4.39 Å². The first-order chi connectivity index (χ1) is 15.0. The van der Waals surface area contributed by atoms with Gasteiger partial charge in [-0.3, -0.25) is 9.59 Å². The molecule has 1 N–H and O–H groups in total. The molecule has 3 aromatic rings. The summed E-state index contributed by atoms with van der Waals surface area (Å²) in [5.41, 5.74) is 2.81.